The summed E-state index contributed by atoms with van der Waals surface area (Å²) in [7, 11) is 0. The molecule has 12 heteroatoms. The van der Waals surface area contributed by atoms with Gasteiger partial charge in [-0.3, -0.25) is 14.7 Å². The Balaban J connectivity index is 0.000000338. The van der Waals surface area contributed by atoms with Crippen LogP contribution in [0.4, 0.5) is 17.1 Å². The molecular formula is C115H129Hf2N6O3Zr-6. The number of aryl methyl sites for hydroxylation is 11. The first-order valence-electron chi connectivity index (χ1n) is 42.1. The van der Waals surface area contributed by atoms with E-state index in [0.29, 0.717) is 50.0 Å². The molecule has 9 nitrogen and oxygen atoms in total. The molecule has 15 rings (SSSR count). The molecule has 127 heavy (non-hydrogen) atoms. The Labute approximate surface area is 819 Å². The molecule has 0 saturated heterocycles. The van der Waals surface area contributed by atoms with E-state index in [0.717, 1.165) is 129 Å². The van der Waals surface area contributed by atoms with Gasteiger partial charge >= 0.3 is 26.2 Å². The third-order valence-corrected chi connectivity index (χ3v) is 20.8. The molecule has 0 aromatic heterocycles. The van der Waals surface area contributed by atoms with E-state index in [9.17, 15) is 15.3 Å². The van der Waals surface area contributed by atoms with Crippen LogP contribution in [-0.2, 0) is 117 Å². The number of benzene rings is 15. The average molecular weight is 2090 g/mol. The number of phenols is 3. The number of hydrogen-bond donors (Lipinski definition) is 3. The van der Waals surface area contributed by atoms with Gasteiger partial charge in [-0.1, -0.05) is 292 Å². The molecule has 0 aliphatic carbocycles. The minimum Gasteiger partial charge on any atom is -0.683 e. The zero-order valence-corrected chi connectivity index (χ0v) is 86.7. The summed E-state index contributed by atoms with van der Waals surface area (Å²) in [5.41, 5.74) is 27.6. The fourth-order valence-electron chi connectivity index (χ4n) is 15.0. The maximum absolute atomic E-state index is 10.9. The predicted octanol–water partition coefficient (Wildman–Crippen LogP) is 29.4. The summed E-state index contributed by atoms with van der Waals surface area (Å²) >= 11 is 0. The van der Waals surface area contributed by atoms with Gasteiger partial charge in [0.15, 0.2) is 0 Å². The fourth-order valence-corrected chi connectivity index (χ4v) is 15.0. The summed E-state index contributed by atoms with van der Waals surface area (Å²) in [5.74, 6) is 1.16. The molecule has 15 aromatic carbocycles. The van der Waals surface area contributed by atoms with Crippen LogP contribution in [0.2, 0.25) is 0 Å². The Morgan fingerprint density at radius 2 is 0.465 bits per heavy atom. The number of aromatic hydroxyl groups is 3. The van der Waals surface area contributed by atoms with E-state index < -0.39 is 0 Å². The van der Waals surface area contributed by atoms with Gasteiger partial charge < -0.3 is 46.1 Å². The smallest absolute Gasteiger partial charge is 0.683 e. The number of phenolic OH excluding ortho intramolecular Hbond substituents is 3. The quantitative estimate of drug-likeness (QED) is 0.0410. The van der Waals surface area contributed by atoms with Gasteiger partial charge in [-0.15, -0.1) is 85.2 Å². The fraction of sp³-hybridized carbons (Fsp3) is 0.200. The molecule has 3 N–H and O–H groups in total. The molecule has 655 valence electrons. The van der Waals surface area contributed by atoms with Crippen LogP contribution in [0.15, 0.2) is 334 Å². The largest absolute Gasteiger partial charge is 3.00 e. The van der Waals surface area contributed by atoms with Gasteiger partial charge in [-0.05, 0) is 129 Å². The standard InChI is InChI=1S/2C29H31N2O.C27H33N2O.4C7H7.2CH3.2Hf.Zr/c2*1-21-17-22(2)28(23(3)18-21)30-15-16-31(19-24-9-5-4-6-10-24)20-26-14-13-25-11-7-8-12-27(25)29(26)32;1-19-13-21(3)26(22(4)14-19)28-11-12-29(17-24-9-7-6-8-10-24)18-25-16-20(2)15-23(5)27(25)30;4*1-7-5-3-2-4-6-7;;;;;/h2*4-14,17-18,32H,15-16,19-20H2,1-3H3;6-10,13-16,30H,11-12,17-18H2,1-5H3;4*2-6H,1H2;2*1H3;;;/q9*-1;;;+3. The van der Waals surface area contributed by atoms with Crippen molar-refractivity contribution in [1.82, 2.24) is 14.7 Å². The van der Waals surface area contributed by atoms with Crippen molar-refractivity contribution in [1.29, 1.82) is 0 Å². The summed E-state index contributed by atoms with van der Waals surface area (Å²) in [6, 6.07) is 113. The number of nitrogens with zero attached hydrogens (tertiary/aromatic N) is 6. The molecule has 1 radical (unpaired) electrons. The molecule has 0 bridgehead atoms. The molecule has 0 spiro atoms. The molecule has 0 unspecified atom stereocenters. The summed E-state index contributed by atoms with van der Waals surface area (Å²) < 4.78 is 0. The first kappa shape index (κ1) is 109. The van der Waals surface area contributed by atoms with Crippen LogP contribution < -0.4 is 0 Å². The van der Waals surface area contributed by atoms with Gasteiger partial charge in [0.2, 0.25) is 0 Å². The van der Waals surface area contributed by atoms with Crippen molar-refractivity contribution in [2.45, 2.75) is 115 Å². The monoisotopic (exact) mass is 2090 g/mol. The van der Waals surface area contributed by atoms with E-state index in [1.807, 2.05) is 213 Å². The molecular weight excluding hydrogens is 1960 g/mol. The topological polar surface area (TPSA) is 113 Å². The zero-order chi connectivity index (χ0) is 87.1. The second kappa shape index (κ2) is 58.1. The second-order valence-corrected chi connectivity index (χ2v) is 31.6. The molecule has 0 heterocycles. The van der Waals surface area contributed by atoms with Crippen molar-refractivity contribution in [3.05, 3.63) is 509 Å². The van der Waals surface area contributed by atoms with Crippen LogP contribution in [-0.4, -0.2) is 69.3 Å². The summed E-state index contributed by atoms with van der Waals surface area (Å²) in [4.78, 5) is 7.09. The average Bonchev–Trinajstić information content (AvgIpc) is 0.822. The summed E-state index contributed by atoms with van der Waals surface area (Å²) in [6.07, 6.45) is 0. The molecule has 0 saturated carbocycles. The van der Waals surface area contributed by atoms with Crippen molar-refractivity contribution >= 4 is 38.6 Å². The maximum Gasteiger partial charge on any atom is 3.00 e. The molecule has 0 amide bonds. The predicted molar refractivity (Wildman–Crippen MR) is 533 cm³/mol. The molecule has 0 fully saturated rings. The van der Waals surface area contributed by atoms with Gasteiger partial charge in [-0.2, -0.15) is 98.5 Å². The van der Waals surface area contributed by atoms with E-state index in [1.54, 1.807) is 0 Å². The van der Waals surface area contributed by atoms with E-state index in [1.165, 1.54) is 72.3 Å². The van der Waals surface area contributed by atoms with Crippen molar-refractivity contribution < 1.29 is 93.2 Å². The first-order valence-corrected chi connectivity index (χ1v) is 42.1. The van der Waals surface area contributed by atoms with E-state index >= 15 is 0 Å². The van der Waals surface area contributed by atoms with Crippen LogP contribution in [0.25, 0.3) is 37.5 Å². The second-order valence-electron chi connectivity index (χ2n) is 31.6. The Kier molecular flexibility index (Phi) is 49.9. The zero-order valence-electron chi connectivity index (χ0n) is 77.1. The third-order valence-electron chi connectivity index (χ3n) is 20.8. The summed E-state index contributed by atoms with van der Waals surface area (Å²) in [6.45, 7) is 47.2. The van der Waals surface area contributed by atoms with Gasteiger partial charge in [0, 0.05) is 118 Å². The molecule has 0 aliphatic heterocycles. The number of rotatable bonds is 24. The Morgan fingerprint density at radius 1 is 0.244 bits per heavy atom. The van der Waals surface area contributed by atoms with Gasteiger partial charge in [0.05, 0.1) is 0 Å². The third kappa shape index (κ3) is 37.4. The van der Waals surface area contributed by atoms with E-state index in [-0.39, 0.29) is 92.7 Å². The van der Waals surface area contributed by atoms with Crippen LogP contribution in [0.5, 0.6) is 17.2 Å². The Hall–Kier alpha value is -10.4. The van der Waals surface area contributed by atoms with Gasteiger partial charge in [0.1, 0.15) is 17.2 Å². The summed E-state index contributed by atoms with van der Waals surface area (Å²) in [5, 5.41) is 51.1. The van der Waals surface area contributed by atoms with Crippen molar-refractivity contribution in [2.75, 3.05) is 39.3 Å². The van der Waals surface area contributed by atoms with Crippen LogP contribution in [0, 0.1) is 119 Å². The molecule has 0 aliphatic rings. The van der Waals surface area contributed by atoms with Crippen molar-refractivity contribution in [3.63, 3.8) is 0 Å². The number of hydrogen-bond acceptors (Lipinski definition) is 6. The molecule has 0 atom stereocenters. The Bertz CT molecular complexity index is 5220. The normalized spacial score (nSPS) is 10.2. The molecule has 15 aromatic rings. The van der Waals surface area contributed by atoms with Crippen molar-refractivity contribution in [3.8, 4) is 17.2 Å². The Morgan fingerprint density at radius 3 is 0.717 bits per heavy atom. The van der Waals surface area contributed by atoms with Crippen LogP contribution >= 0.6 is 0 Å². The minimum absolute atomic E-state index is 0. The van der Waals surface area contributed by atoms with Gasteiger partial charge in [0.25, 0.3) is 0 Å². The van der Waals surface area contributed by atoms with Crippen molar-refractivity contribution in [2.24, 2.45) is 0 Å². The SMILES string of the molecule is Cc1cc(C)c([N-]CCN(Cc2ccccc2)Cc2cc(C)cc(C)c2O)c(C)c1.Cc1cc(C)c([N-]CCN(Cc2ccccc2)Cc2ccc3ccccc3c2O)c(C)c1.Cc1cc(C)c([N-]CCN(Cc2ccccc2)Cc2ccc3ccccc3c2O)c(C)c1.[CH2-]c1ccccc1.[CH2-]c1ccccc1.[CH2-]c1ccccc1.[CH2-]c1ccccc1.[CH3-].[CH3-].[Hf].[Hf].[Zr+3]. The van der Waals surface area contributed by atoms with Crippen LogP contribution in [0.1, 0.15) is 117 Å². The van der Waals surface area contributed by atoms with Gasteiger partial charge in [-0.25, -0.2) is 0 Å². The number of fused-ring (bicyclic) bond motifs is 2. The first-order chi connectivity index (χ1) is 58.9. The van der Waals surface area contributed by atoms with E-state index in [2.05, 4.69) is 239 Å². The van der Waals surface area contributed by atoms with E-state index in [4.69, 9.17) is 16.0 Å². The maximum atomic E-state index is 10.9. The van der Waals surface area contributed by atoms with Crippen LogP contribution in [0.3, 0.4) is 0 Å². The minimum atomic E-state index is 0.